The van der Waals surface area contributed by atoms with Crippen molar-refractivity contribution in [2.75, 3.05) is 7.05 Å². The fourth-order valence-electron chi connectivity index (χ4n) is 3.88. The number of carbonyl (C=O) groups excluding carboxylic acids is 2. The van der Waals surface area contributed by atoms with Crippen LogP contribution in [0.3, 0.4) is 0 Å². The van der Waals surface area contributed by atoms with Gasteiger partial charge in [0.25, 0.3) is 0 Å². The van der Waals surface area contributed by atoms with Gasteiger partial charge in [0.1, 0.15) is 6.10 Å². The SMILES string of the molecule is CC1CC(OC(=O)C(OC(=O)c2ccc(Cl)cc2)c2ccccc2)CC(C)(C)N1C. The Kier molecular flexibility index (Phi) is 6.84. The van der Waals surface area contributed by atoms with Crippen LogP contribution in [0.4, 0.5) is 0 Å². The van der Waals surface area contributed by atoms with E-state index >= 15 is 0 Å². The molecule has 6 heteroatoms. The number of ether oxygens (including phenoxy) is 2. The van der Waals surface area contributed by atoms with E-state index in [9.17, 15) is 9.59 Å². The summed E-state index contributed by atoms with van der Waals surface area (Å²) in [7, 11) is 2.09. The molecule has 1 fully saturated rings. The summed E-state index contributed by atoms with van der Waals surface area (Å²) in [4.78, 5) is 28.1. The molecule has 3 atom stereocenters. The van der Waals surface area contributed by atoms with E-state index in [-0.39, 0.29) is 17.7 Å². The molecule has 0 N–H and O–H groups in total. The summed E-state index contributed by atoms with van der Waals surface area (Å²) in [5, 5.41) is 0.518. The molecule has 0 aliphatic carbocycles. The zero-order chi connectivity index (χ0) is 21.9. The summed E-state index contributed by atoms with van der Waals surface area (Å²) in [5.41, 5.74) is 0.803. The molecule has 3 rings (SSSR count). The highest BCUT2D eigenvalue weighted by Crippen LogP contribution is 2.33. The third-order valence-corrected chi connectivity index (χ3v) is 6.10. The number of carbonyl (C=O) groups is 2. The number of hydrogen-bond acceptors (Lipinski definition) is 5. The Morgan fingerprint density at radius 1 is 1.10 bits per heavy atom. The Bertz CT molecular complexity index is 882. The van der Waals surface area contributed by atoms with Gasteiger partial charge in [-0.05, 0) is 58.5 Å². The van der Waals surface area contributed by atoms with Crippen LogP contribution in [-0.2, 0) is 14.3 Å². The molecule has 2 aromatic carbocycles. The number of likely N-dealkylation sites (tertiary alicyclic amines) is 1. The molecule has 3 unspecified atom stereocenters. The smallest absolute Gasteiger partial charge is 0.352 e. The van der Waals surface area contributed by atoms with Crippen molar-refractivity contribution in [3.05, 3.63) is 70.7 Å². The second-order valence-corrected chi connectivity index (χ2v) is 8.91. The van der Waals surface area contributed by atoms with Crippen molar-refractivity contribution < 1.29 is 19.1 Å². The first-order valence-electron chi connectivity index (χ1n) is 10.1. The summed E-state index contributed by atoms with van der Waals surface area (Å²) in [6.07, 6.45) is 0.0800. The zero-order valence-corrected chi connectivity index (χ0v) is 18.6. The highest BCUT2D eigenvalue weighted by atomic mass is 35.5. The van der Waals surface area contributed by atoms with E-state index < -0.39 is 18.0 Å². The van der Waals surface area contributed by atoms with Crippen LogP contribution in [0, 0.1) is 0 Å². The molecule has 1 aliphatic rings. The van der Waals surface area contributed by atoms with E-state index in [1.165, 1.54) is 0 Å². The molecule has 1 aliphatic heterocycles. The molecule has 30 heavy (non-hydrogen) atoms. The molecule has 0 spiro atoms. The molecule has 0 saturated carbocycles. The second kappa shape index (κ2) is 9.19. The Morgan fingerprint density at radius 3 is 2.33 bits per heavy atom. The molecular weight excluding hydrogens is 402 g/mol. The lowest BCUT2D eigenvalue weighted by molar-refractivity contribution is -0.166. The van der Waals surface area contributed by atoms with Crippen LogP contribution < -0.4 is 0 Å². The zero-order valence-electron chi connectivity index (χ0n) is 17.8. The van der Waals surface area contributed by atoms with Crippen LogP contribution >= 0.6 is 11.6 Å². The Balaban J connectivity index is 1.78. The molecule has 0 bridgehead atoms. The predicted octanol–water partition coefficient (Wildman–Crippen LogP) is 5.04. The van der Waals surface area contributed by atoms with Crippen molar-refractivity contribution in [3.63, 3.8) is 0 Å². The lowest BCUT2D eigenvalue weighted by Crippen LogP contribution is -2.54. The first-order chi connectivity index (χ1) is 14.2. The van der Waals surface area contributed by atoms with E-state index in [2.05, 4.69) is 32.7 Å². The summed E-state index contributed by atoms with van der Waals surface area (Å²) < 4.78 is 11.5. The van der Waals surface area contributed by atoms with Crippen molar-refractivity contribution >= 4 is 23.5 Å². The van der Waals surface area contributed by atoms with Crippen LogP contribution in [-0.4, -0.2) is 41.6 Å². The average molecular weight is 430 g/mol. The lowest BCUT2D eigenvalue weighted by atomic mass is 9.85. The number of halogens is 1. The first-order valence-corrected chi connectivity index (χ1v) is 10.5. The van der Waals surface area contributed by atoms with Crippen molar-refractivity contribution in [3.8, 4) is 0 Å². The molecule has 160 valence electrons. The summed E-state index contributed by atoms with van der Waals surface area (Å²) >= 11 is 5.89. The number of rotatable bonds is 5. The van der Waals surface area contributed by atoms with E-state index in [0.717, 1.165) is 6.42 Å². The molecule has 2 aromatic rings. The molecule has 0 amide bonds. The Labute approximate surface area is 182 Å². The van der Waals surface area contributed by atoms with Crippen LogP contribution in [0.5, 0.6) is 0 Å². The third kappa shape index (κ3) is 5.21. The summed E-state index contributed by atoms with van der Waals surface area (Å²) in [5.74, 6) is -1.16. The Hall–Kier alpha value is -2.37. The number of benzene rings is 2. The largest absolute Gasteiger partial charge is 0.459 e. The van der Waals surface area contributed by atoms with Gasteiger partial charge in [0, 0.05) is 28.6 Å². The topological polar surface area (TPSA) is 55.8 Å². The molecular formula is C24H28ClNO4. The average Bonchev–Trinajstić information content (AvgIpc) is 2.71. The molecule has 0 radical (unpaired) electrons. The summed E-state index contributed by atoms with van der Waals surface area (Å²) in [6.45, 7) is 6.40. The maximum Gasteiger partial charge on any atom is 0.352 e. The van der Waals surface area contributed by atoms with Gasteiger partial charge >= 0.3 is 11.9 Å². The van der Waals surface area contributed by atoms with Crippen molar-refractivity contribution in [2.45, 2.75) is 57.4 Å². The predicted molar refractivity (Wildman–Crippen MR) is 116 cm³/mol. The maximum absolute atomic E-state index is 13.1. The number of nitrogens with zero attached hydrogens (tertiary/aromatic N) is 1. The van der Waals surface area contributed by atoms with Gasteiger partial charge < -0.3 is 9.47 Å². The van der Waals surface area contributed by atoms with Gasteiger partial charge in [-0.15, -0.1) is 0 Å². The van der Waals surface area contributed by atoms with E-state index in [0.29, 0.717) is 22.6 Å². The Morgan fingerprint density at radius 2 is 1.73 bits per heavy atom. The van der Waals surface area contributed by atoms with E-state index in [1.54, 1.807) is 48.5 Å². The van der Waals surface area contributed by atoms with Gasteiger partial charge in [-0.2, -0.15) is 0 Å². The highest BCUT2D eigenvalue weighted by molar-refractivity contribution is 6.30. The van der Waals surface area contributed by atoms with Gasteiger partial charge in [-0.3, -0.25) is 4.90 Å². The molecule has 1 saturated heterocycles. The van der Waals surface area contributed by atoms with Crippen LogP contribution in [0.1, 0.15) is 55.6 Å². The number of piperidine rings is 1. The normalized spacial score (nSPS) is 22.2. The van der Waals surface area contributed by atoms with Crippen molar-refractivity contribution in [2.24, 2.45) is 0 Å². The second-order valence-electron chi connectivity index (χ2n) is 8.47. The first kappa shape index (κ1) is 22.3. The standard InChI is InChI=1S/C24H28ClNO4/c1-16-14-20(15-24(2,3)26(16)4)29-23(28)21(17-8-6-5-7-9-17)30-22(27)18-10-12-19(25)13-11-18/h5-13,16,20-21H,14-15H2,1-4H3. The van der Waals surface area contributed by atoms with Gasteiger partial charge in [0.15, 0.2) is 0 Å². The number of esters is 2. The minimum absolute atomic E-state index is 0.0924. The van der Waals surface area contributed by atoms with Crippen LogP contribution in [0.15, 0.2) is 54.6 Å². The van der Waals surface area contributed by atoms with Crippen molar-refractivity contribution in [1.82, 2.24) is 4.90 Å². The lowest BCUT2D eigenvalue weighted by Gasteiger charge is -2.47. The molecule has 5 nitrogen and oxygen atoms in total. The van der Waals surface area contributed by atoms with E-state index in [4.69, 9.17) is 21.1 Å². The fourth-order valence-corrected chi connectivity index (χ4v) is 4.00. The minimum atomic E-state index is -1.13. The van der Waals surface area contributed by atoms with Crippen LogP contribution in [0.2, 0.25) is 5.02 Å². The minimum Gasteiger partial charge on any atom is -0.459 e. The van der Waals surface area contributed by atoms with Gasteiger partial charge in [-0.1, -0.05) is 41.9 Å². The van der Waals surface area contributed by atoms with Gasteiger partial charge in [0.2, 0.25) is 6.10 Å². The highest BCUT2D eigenvalue weighted by Gasteiger charge is 2.39. The van der Waals surface area contributed by atoms with Gasteiger partial charge in [0.05, 0.1) is 5.56 Å². The van der Waals surface area contributed by atoms with E-state index in [1.807, 2.05) is 6.07 Å². The van der Waals surface area contributed by atoms with Crippen LogP contribution in [0.25, 0.3) is 0 Å². The van der Waals surface area contributed by atoms with Crippen molar-refractivity contribution in [1.29, 1.82) is 0 Å². The van der Waals surface area contributed by atoms with Gasteiger partial charge in [-0.25, -0.2) is 9.59 Å². The number of hydrogen-bond donors (Lipinski definition) is 0. The summed E-state index contributed by atoms with van der Waals surface area (Å²) in [6, 6.07) is 15.6. The maximum atomic E-state index is 13.1. The fraction of sp³-hybridized carbons (Fsp3) is 0.417. The quantitative estimate of drug-likeness (QED) is 0.623. The third-order valence-electron chi connectivity index (χ3n) is 5.85. The molecule has 1 heterocycles. The molecule has 0 aromatic heterocycles. The monoisotopic (exact) mass is 429 g/mol.